The molecule has 6 nitrogen and oxygen atoms in total. The van der Waals surface area contributed by atoms with Gasteiger partial charge in [0.2, 0.25) is 5.82 Å². The first-order valence-corrected chi connectivity index (χ1v) is 5.65. The van der Waals surface area contributed by atoms with Gasteiger partial charge in [0, 0.05) is 31.4 Å². The van der Waals surface area contributed by atoms with Crippen molar-refractivity contribution in [2.45, 2.75) is 19.4 Å². The second-order valence-corrected chi connectivity index (χ2v) is 4.31. The zero-order valence-corrected chi connectivity index (χ0v) is 10.0. The summed E-state index contributed by atoms with van der Waals surface area (Å²) in [5.41, 5.74) is 0.764. The molecule has 1 N–H and O–H groups in total. The van der Waals surface area contributed by atoms with Gasteiger partial charge in [-0.2, -0.15) is 0 Å². The average Bonchev–Trinajstić information content (AvgIpc) is 2.80. The fourth-order valence-corrected chi connectivity index (χ4v) is 2.16. The van der Waals surface area contributed by atoms with Crippen LogP contribution in [0.3, 0.4) is 0 Å². The van der Waals surface area contributed by atoms with E-state index in [0.717, 1.165) is 19.5 Å². The molecule has 0 saturated carbocycles. The lowest BCUT2D eigenvalue weighted by molar-refractivity contribution is -0.384. The molecule has 1 unspecified atom stereocenters. The third-order valence-electron chi connectivity index (χ3n) is 3.21. The Balaban J connectivity index is 2.36. The van der Waals surface area contributed by atoms with Crippen LogP contribution in [0.25, 0.3) is 0 Å². The summed E-state index contributed by atoms with van der Waals surface area (Å²) in [6, 6.07) is 1.95. The topological polar surface area (TPSA) is 71.3 Å². The highest BCUT2D eigenvalue weighted by atomic mass is 16.6. The summed E-state index contributed by atoms with van der Waals surface area (Å²) in [4.78, 5) is 16.8. The minimum absolute atomic E-state index is 0.113. The van der Waals surface area contributed by atoms with Crippen LogP contribution in [-0.4, -0.2) is 36.1 Å². The second-order valence-electron chi connectivity index (χ2n) is 4.31. The van der Waals surface area contributed by atoms with Crippen molar-refractivity contribution in [3.8, 4) is 0 Å². The van der Waals surface area contributed by atoms with Crippen LogP contribution >= 0.6 is 0 Å². The van der Waals surface area contributed by atoms with Crippen LogP contribution in [0.1, 0.15) is 12.0 Å². The maximum atomic E-state index is 11.1. The second kappa shape index (κ2) is 4.67. The molecule has 0 amide bonds. The van der Waals surface area contributed by atoms with Crippen molar-refractivity contribution in [1.29, 1.82) is 0 Å². The molecule has 17 heavy (non-hydrogen) atoms. The summed E-state index contributed by atoms with van der Waals surface area (Å²) < 4.78 is 0. The van der Waals surface area contributed by atoms with Gasteiger partial charge in [0.1, 0.15) is 0 Å². The molecule has 0 radical (unpaired) electrons. The molecule has 2 heterocycles. The first-order chi connectivity index (χ1) is 8.11. The van der Waals surface area contributed by atoms with Gasteiger partial charge in [0.05, 0.1) is 4.92 Å². The van der Waals surface area contributed by atoms with E-state index in [9.17, 15) is 10.1 Å². The quantitative estimate of drug-likeness (QED) is 0.628. The van der Waals surface area contributed by atoms with E-state index in [0.29, 0.717) is 11.4 Å². The van der Waals surface area contributed by atoms with Crippen LogP contribution < -0.4 is 10.2 Å². The van der Waals surface area contributed by atoms with Crippen molar-refractivity contribution in [3.05, 3.63) is 27.9 Å². The molecule has 1 aromatic heterocycles. The van der Waals surface area contributed by atoms with E-state index in [2.05, 4.69) is 10.3 Å². The van der Waals surface area contributed by atoms with Gasteiger partial charge in [-0.05, 0) is 26.0 Å². The molecule has 0 spiro atoms. The van der Waals surface area contributed by atoms with E-state index in [1.807, 2.05) is 11.9 Å². The molecular weight excluding hydrogens is 220 g/mol. The lowest BCUT2D eigenvalue weighted by atomic mass is 10.2. The van der Waals surface area contributed by atoms with Gasteiger partial charge < -0.3 is 10.2 Å². The van der Waals surface area contributed by atoms with Gasteiger partial charge in [0.25, 0.3) is 0 Å². The first-order valence-electron chi connectivity index (χ1n) is 5.65. The minimum Gasteiger partial charge on any atom is -0.350 e. The number of rotatable bonds is 3. The van der Waals surface area contributed by atoms with Gasteiger partial charge in [0.15, 0.2) is 0 Å². The average molecular weight is 236 g/mol. The van der Waals surface area contributed by atoms with Crippen LogP contribution in [0.2, 0.25) is 0 Å². The zero-order chi connectivity index (χ0) is 12.4. The van der Waals surface area contributed by atoms with Crippen molar-refractivity contribution < 1.29 is 4.92 Å². The monoisotopic (exact) mass is 236 g/mol. The standard InChI is InChI=1S/C11H16N4O2/c1-8-3-6-13-11(10(8)15(16)17)14(2)9-4-5-12-7-9/h3,6,9,12H,4-5,7H2,1-2H3. The molecule has 1 atom stereocenters. The number of nitro groups is 1. The molecule has 0 aliphatic carbocycles. The lowest BCUT2D eigenvalue weighted by Gasteiger charge is -2.24. The van der Waals surface area contributed by atoms with Crippen molar-refractivity contribution in [2.75, 3.05) is 25.0 Å². The molecule has 1 aromatic rings. The number of nitrogens with zero attached hydrogens (tertiary/aromatic N) is 3. The minimum atomic E-state index is -0.351. The Morgan fingerprint density at radius 1 is 1.65 bits per heavy atom. The number of hydrogen-bond acceptors (Lipinski definition) is 5. The highest BCUT2D eigenvalue weighted by Gasteiger charge is 2.27. The predicted octanol–water partition coefficient (Wildman–Crippen LogP) is 1.10. The van der Waals surface area contributed by atoms with Crippen LogP contribution in [-0.2, 0) is 0 Å². The molecule has 1 aliphatic rings. The first kappa shape index (κ1) is 11.8. The Morgan fingerprint density at radius 2 is 2.41 bits per heavy atom. The number of anilines is 1. The largest absolute Gasteiger partial charge is 0.350 e. The van der Waals surface area contributed by atoms with E-state index in [1.165, 1.54) is 0 Å². The van der Waals surface area contributed by atoms with Crippen LogP contribution in [0.15, 0.2) is 12.3 Å². The maximum absolute atomic E-state index is 11.1. The highest BCUT2D eigenvalue weighted by molar-refractivity contribution is 5.61. The molecule has 1 saturated heterocycles. The number of aromatic nitrogens is 1. The molecule has 1 fully saturated rings. The fourth-order valence-electron chi connectivity index (χ4n) is 2.16. The van der Waals surface area contributed by atoms with Crippen molar-refractivity contribution >= 4 is 11.5 Å². The van der Waals surface area contributed by atoms with Crippen molar-refractivity contribution in [3.63, 3.8) is 0 Å². The van der Waals surface area contributed by atoms with E-state index in [-0.39, 0.29) is 16.7 Å². The molecule has 0 aromatic carbocycles. The highest BCUT2D eigenvalue weighted by Crippen LogP contribution is 2.30. The summed E-state index contributed by atoms with van der Waals surface area (Å²) in [7, 11) is 1.87. The van der Waals surface area contributed by atoms with E-state index >= 15 is 0 Å². The Bertz CT molecular complexity index is 429. The summed E-state index contributed by atoms with van der Waals surface area (Å²) in [5, 5.41) is 14.3. The molecule has 0 bridgehead atoms. The number of pyridine rings is 1. The summed E-state index contributed by atoms with van der Waals surface area (Å²) >= 11 is 0. The number of likely N-dealkylation sites (N-methyl/N-ethyl adjacent to an activating group) is 1. The molecule has 2 rings (SSSR count). The number of aryl methyl sites for hydroxylation is 1. The molecule has 6 heteroatoms. The van der Waals surface area contributed by atoms with Gasteiger partial charge in [-0.15, -0.1) is 0 Å². The normalized spacial score (nSPS) is 19.3. The molecule has 1 aliphatic heterocycles. The number of hydrogen-bond donors (Lipinski definition) is 1. The fraction of sp³-hybridized carbons (Fsp3) is 0.545. The summed E-state index contributed by atoms with van der Waals surface area (Å²) in [6.07, 6.45) is 2.61. The molecular formula is C11H16N4O2. The molecule has 92 valence electrons. The summed E-state index contributed by atoms with van der Waals surface area (Å²) in [6.45, 7) is 3.54. The Labute approximate surface area is 99.8 Å². The lowest BCUT2D eigenvalue weighted by Crippen LogP contribution is -2.34. The Morgan fingerprint density at radius 3 is 3.00 bits per heavy atom. The smallest absolute Gasteiger partial charge is 0.314 e. The van der Waals surface area contributed by atoms with E-state index in [1.54, 1.807) is 19.2 Å². The Hall–Kier alpha value is -1.69. The Kier molecular flexibility index (Phi) is 3.23. The predicted molar refractivity (Wildman–Crippen MR) is 65.3 cm³/mol. The summed E-state index contributed by atoms with van der Waals surface area (Å²) in [5.74, 6) is 0.462. The van der Waals surface area contributed by atoms with Gasteiger partial charge in [-0.3, -0.25) is 10.1 Å². The van der Waals surface area contributed by atoms with Gasteiger partial charge >= 0.3 is 5.69 Å². The van der Waals surface area contributed by atoms with Gasteiger partial charge in [-0.1, -0.05) is 0 Å². The number of nitrogens with one attached hydrogen (secondary N) is 1. The van der Waals surface area contributed by atoms with Crippen LogP contribution in [0.4, 0.5) is 11.5 Å². The van der Waals surface area contributed by atoms with E-state index in [4.69, 9.17) is 0 Å². The third-order valence-corrected chi connectivity index (χ3v) is 3.21. The van der Waals surface area contributed by atoms with Crippen molar-refractivity contribution in [1.82, 2.24) is 10.3 Å². The van der Waals surface area contributed by atoms with Crippen molar-refractivity contribution in [2.24, 2.45) is 0 Å². The SMILES string of the molecule is Cc1ccnc(N(C)C2CCNC2)c1[N+](=O)[O-]. The van der Waals surface area contributed by atoms with Crippen LogP contribution in [0, 0.1) is 17.0 Å². The maximum Gasteiger partial charge on any atom is 0.314 e. The van der Waals surface area contributed by atoms with Crippen LogP contribution in [0.5, 0.6) is 0 Å². The third kappa shape index (κ3) is 2.21. The zero-order valence-electron chi connectivity index (χ0n) is 10.0. The van der Waals surface area contributed by atoms with Gasteiger partial charge in [-0.25, -0.2) is 4.98 Å². The van der Waals surface area contributed by atoms with E-state index < -0.39 is 0 Å².